The smallest absolute Gasteiger partial charge is 0.261 e. The summed E-state index contributed by atoms with van der Waals surface area (Å²) in [6.07, 6.45) is -0.755. The zero-order chi connectivity index (χ0) is 16.4. The van der Waals surface area contributed by atoms with Gasteiger partial charge in [0, 0.05) is 11.1 Å². The number of aliphatic hydroxyl groups is 1. The van der Waals surface area contributed by atoms with Gasteiger partial charge < -0.3 is 5.11 Å². The lowest BCUT2D eigenvalue weighted by Gasteiger charge is -2.15. The molecular weight excluding hydrogens is 290 g/mol. The van der Waals surface area contributed by atoms with Gasteiger partial charge in [0.1, 0.15) is 0 Å². The Balaban J connectivity index is 1.91. The van der Waals surface area contributed by atoms with Crippen LogP contribution in [-0.2, 0) is 0 Å². The lowest BCUT2D eigenvalue weighted by atomic mass is 10.1. The van der Waals surface area contributed by atoms with Crippen LogP contribution in [0.3, 0.4) is 0 Å². The van der Waals surface area contributed by atoms with Crippen molar-refractivity contribution < 1.29 is 14.7 Å². The molecule has 0 spiro atoms. The Kier molecular flexibility index (Phi) is 3.96. The number of carbonyl (C=O) groups is 2. The molecule has 4 heteroatoms. The van der Waals surface area contributed by atoms with Crippen LogP contribution < -0.4 is 0 Å². The SMILES string of the molecule is CC(O)CN1C(=O)c2ccc(C#Cc3ccccc3)cc2C1=O. The van der Waals surface area contributed by atoms with Crippen LogP contribution >= 0.6 is 0 Å². The van der Waals surface area contributed by atoms with E-state index in [-0.39, 0.29) is 18.4 Å². The highest BCUT2D eigenvalue weighted by Gasteiger charge is 2.35. The topological polar surface area (TPSA) is 57.6 Å². The largest absolute Gasteiger partial charge is 0.392 e. The molecule has 2 aromatic rings. The van der Waals surface area contributed by atoms with E-state index < -0.39 is 6.10 Å². The van der Waals surface area contributed by atoms with E-state index in [1.54, 1.807) is 25.1 Å². The summed E-state index contributed by atoms with van der Waals surface area (Å²) in [5, 5.41) is 9.42. The van der Waals surface area contributed by atoms with Crippen LogP contribution in [0, 0.1) is 11.8 Å². The standard InChI is InChI=1S/C19H15NO3/c1-13(21)12-20-18(22)16-10-9-15(11-17(16)19(20)23)8-7-14-5-3-2-4-6-14/h2-6,9-11,13,21H,12H2,1H3. The van der Waals surface area contributed by atoms with Crippen molar-refractivity contribution >= 4 is 11.8 Å². The third kappa shape index (κ3) is 3.01. The molecule has 2 amide bonds. The second-order valence-electron chi connectivity index (χ2n) is 5.45. The van der Waals surface area contributed by atoms with Crippen molar-refractivity contribution in [1.29, 1.82) is 0 Å². The fourth-order valence-electron chi connectivity index (χ4n) is 2.46. The van der Waals surface area contributed by atoms with Gasteiger partial charge in [0.2, 0.25) is 0 Å². The summed E-state index contributed by atoms with van der Waals surface area (Å²) in [4.78, 5) is 25.6. The van der Waals surface area contributed by atoms with Crippen molar-refractivity contribution in [2.75, 3.05) is 6.54 Å². The van der Waals surface area contributed by atoms with Gasteiger partial charge in [-0.3, -0.25) is 14.5 Å². The third-order valence-electron chi connectivity index (χ3n) is 3.54. The first-order valence-electron chi connectivity index (χ1n) is 7.31. The van der Waals surface area contributed by atoms with Crippen molar-refractivity contribution in [1.82, 2.24) is 4.90 Å². The Morgan fingerprint density at radius 1 is 0.957 bits per heavy atom. The molecule has 23 heavy (non-hydrogen) atoms. The van der Waals surface area contributed by atoms with Crippen LogP contribution in [0.15, 0.2) is 48.5 Å². The maximum absolute atomic E-state index is 12.3. The van der Waals surface area contributed by atoms with Crippen LogP contribution in [-0.4, -0.2) is 34.5 Å². The molecule has 0 saturated carbocycles. The van der Waals surface area contributed by atoms with Crippen molar-refractivity contribution in [2.45, 2.75) is 13.0 Å². The zero-order valence-corrected chi connectivity index (χ0v) is 12.6. The molecule has 0 saturated heterocycles. The van der Waals surface area contributed by atoms with Crippen molar-refractivity contribution in [3.63, 3.8) is 0 Å². The highest BCUT2D eigenvalue weighted by atomic mass is 16.3. The maximum atomic E-state index is 12.3. The van der Waals surface area contributed by atoms with Gasteiger partial charge >= 0.3 is 0 Å². The minimum absolute atomic E-state index is 0.00261. The number of fused-ring (bicyclic) bond motifs is 1. The van der Waals surface area contributed by atoms with Gasteiger partial charge in [0.05, 0.1) is 23.8 Å². The Labute approximate surface area is 134 Å². The molecule has 0 aromatic heterocycles. The molecular formula is C19H15NO3. The van der Waals surface area contributed by atoms with E-state index in [4.69, 9.17) is 0 Å². The number of nitrogens with zero attached hydrogens (tertiary/aromatic N) is 1. The number of hydrogen-bond acceptors (Lipinski definition) is 3. The molecule has 1 unspecified atom stereocenters. The lowest BCUT2D eigenvalue weighted by molar-refractivity contribution is 0.0563. The first-order chi connectivity index (χ1) is 11.1. The predicted molar refractivity (Wildman–Crippen MR) is 85.9 cm³/mol. The number of carbonyl (C=O) groups excluding carboxylic acids is 2. The van der Waals surface area contributed by atoms with Crippen LogP contribution in [0.1, 0.15) is 38.8 Å². The van der Waals surface area contributed by atoms with Gasteiger partial charge in [-0.05, 0) is 37.3 Å². The van der Waals surface area contributed by atoms with Gasteiger partial charge in [-0.1, -0.05) is 30.0 Å². The second-order valence-corrected chi connectivity index (χ2v) is 5.45. The summed E-state index contributed by atoms with van der Waals surface area (Å²) in [5.41, 5.74) is 2.26. The number of aliphatic hydroxyl groups excluding tert-OH is 1. The average Bonchev–Trinajstić information content (AvgIpc) is 2.78. The first kappa shape index (κ1) is 15.0. The summed E-state index contributed by atoms with van der Waals surface area (Å²) in [5.74, 6) is 5.27. The van der Waals surface area contributed by atoms with Crippen LogP contribution in [0.25, 0.3) is 0 Å². The molecule has 1 aliphatic rings. The van der Waals surface area contributed by atoms with E-state index in [9.17, 15) is 14.7 Å². The number of benzene rings is 2. The number of amides is 2. The normalized spacial score (nSPS) is 14.3. The summed E-state index contributed by atoms with van der Waals surface area (Å²) in [7, 11) is 0. The molecule has 0 radical (unpaired) electrons. The first-order valence-corrected chi connectivity index (χ1v) is 7.31. The van der Waals surface area contributed by atoms with Gasteiger partial charge in [-0.15, -0.1) is 0 Å². The fraction of sp³-hybridized carbons (Fsp3) is 0.158. The van der Waals surface area contributed by atoms with E-state index in [1.807, 2.05) is 30.3 Å². The molecule has 2 aromatic carbocycles. The van der Waals surface area contributed by atoms with Gasteiger partial charge in [-0.25, -0.2) is 0 Å². The quantitative estimate of drug-likeness (QED) is 0.682. The van der Waals surface area contributed by atoms with E-state index in [0.29, 0.717) is 16.7 Å². The Morgan fingerprint density at radius 2 is 1.61 bits per heavy atom. The highest BCUT2D eigenvalue weighted by Crippen LogP contribution is 2.24. The highest BCUT2D eigenvalue weighted by molar-refractivity contribution is 6.21. The molecule has 114 valence electrons. The molecule has 1 heterocycles. The molecule has 1 aliphatic heterocycles. The molecule has 0 fully saturated rings. The summed E-state index contributed by atoms with van der Waals surface area (Å²) in [6, 6.07) is 14.5. The van der Waals surface area contributed by atoms with E-state index in [1.165, 1.54) is 0 Å². The van der Waals surface area contributed by atoms with Crippen LogP contribution in [0.2, 0.25) is 0 Å². The average molecular weight is 305 g/mol. The molecule has 0 aliphatic carbocycles. The molecule has 1 N–H and O–H groups in total. The van der Waals surface area contributed by atoms with Crippen molar-refractivity contribution in [3.8, 4) is 11.8 Å². The minimum Gasteiger partial charge on any atom is -0.392 e. The molecule has 3 rings (SSSR count). The predicted octanol–water partition coefficient (Wildman–Crippen LogP) is 2.06. The van der Waals surface area contributed by atoms with Gasteiger partial charge in [0.25, 0.3) is 11.8 Å². The molecule has 0 bridgehead atoms. The van der Waals surface area contributed by atoms with E-state index in [2.05, 4.69) is 11.8 Å². The Hall–Kier alpha value is -2.90. The van der Waals surface area contributed by atoms with Gasteiger partial charge in [0.15, 0.2) is 0 Å². The number of imide groups is 1. The van der Waals surface area contributed by atoms with Crippen LogP contribution in [0.5, 0.6) is 0 Å². The zero-order valence-electron chi connectivity index (χ0n) is 12.6. The van der Waals surface area contributed by atoms with Crippen molar-refractivity contribution in [2.24, 2.45) is 0 Å². The Bertz CT molecular complexity index is 829. The van der Waals surface area contributed by atoms with E-state index >= 15 is 0 Å². The minimum atomic E-state index is -0.755. The maximum Gasteiger partial charge on any atom is 0.261 e. The Morgan fingerprint density at radius 3 is 2.30 bits per heavy atom. The fourth-order valence-corrected chi connectivity index (χ4v) is 2.46. The van der Waals surface area contributed by atoms with E-state index in [0.717, 1.165) is 10.5 Å². The summed E-state index contributed by atoms with van der Waals surface area (Å²) >= 11 is 0. The number of β-amino-alcohol motifs (C(OH)–C–C–N with tert-alkyl or cyclic N) is 1. The summed E-state index contributed by atoms with van der Waals surface area (Å²) < 4.78 is 0. The summed E-state index contributed by atoms with van der Waals surface area (Å²) in [6.45, 7) is 1.54. The van der Waals surface area contributed by atoms with Crippen LogP contribution in [0.4, 0.5) is 0 Å². The number of rotatable bonds is 2. The van der Waals surface area contributed by atoms with Gasteiger partial charge in [-0.2, -0.15) is 0 Å². The lowest BCUT2D eigenvalue weighted by Crippen LogP contribution is -2.35. The second kappa shape index (κ2) is 6.07. The van der Waals surface area contributed by atoms with Crippen molar-refractivity contribution in [3.05, 3.63) is 70.8 Å². The number of hydrogen-bond donors (Lipinski definition) is 1. The monoisotopic (exact) mass is 305 g/mol. The molecule has 1 atom stereocenters. The molecule has 4 nitrogen and oxygen atoms in total. The third-order valence-corrected chi connectivity index (χ3v) is 3.54.